The van der Waals surface area contributed by atoms with Gasteiger partial charge in [-0.05, 0) is 19.5 Å². The van der Waals surface area contributed by atoms with E-state index in [-0.39, 0.29) is 43.1 Å². The van der Waals surface area contributed by atoms with Crippen molar-refractivity contribution in [3.63, 3.8) is 0 Å². The zero-order valence-corrected chi connectivity index (χ0v) is 16.7. The topological polar surface area (TPSA) is 61.6 Å². The number of rotatable bonds is 5. The Labute approximate surface area is 163 Å². The predicted molar refractivity (Wildman–Crippen MR) is 107 cm³/mol. The molecule has 1 aromatic rings. The van der Waals surface area contributed by atoms with Crippen LogP contribution in [0.2, 0.25) is 0 Å². The molecule has 1 saturated heterocycles. The van der Waals surface area contributed by atoms with Crippen molar-refractivity contribution in [3.05, 3.63) is 35.4 Å². The first kappa shape index (κ1) is 25.7. The maximum absolute atomic E-state index is 12.1. The number of aryl methyl sites for hydroxylation is 1. The third kappa shape index (κ3) is 8.01. The highest BCUT2D eigenvalue weighted by Crippen LogP contribution is 2.11. The molecule has 140 valence electrons. The van der Waals surface area contributed by atoms with E-state index in [9.17, 15) is 4.79 Å². The van der Waals surface area contributed by atoms with Gasteiger partial charge in [-0.3, -0.25) is 9.69 Å². The van der Waals surface area contributed by atoms with Crippen LogP contribution in [0, 0.1) is 6.92 Å². The van der Waals surface area contributed by atoms with Crippen LogP contribution in [-0.2, 0) is 4.79 Å². The van der Waals surface area contributed by atoms with Gasteiger partial charge in [0, 0.05) is 39.3 Å². The Hall–Kier alpha value is -0.560. The number of halogens is 3. The van der Waals surface area contributed by atoms with Crippen LogP contribution in [0.25, 0.3) is 0 Å². The van der Waals surface area contributed by atoms with Gasteiger partial charge in [-0.15, -0.1) is 37.2 Å². The van der Waals surface area contributed by atoms with Crippen molar-refractivity contribution in [2.45, 2.75) is 13.0 Å². The molecule has 1 aromatic carbocycles. The van der Waals surface area contributed by atoms with Crippen LogP contribution in [-0.4, -0.2) is 62.0 Å². The first-order chi connectivity index (χ1) is 10.1. The maximum Gasteiger partial charge on any atom is 0.241 e. The quantitative estimate of drug-likeness (QED) is 0.790. The fraction of sp³-hybridized carbons (Fsp3) is 0.562. The lowest BCUT2D eigenvalue weighted by molar-refractivity contribution is -0.122. The number of nitrogens with zero attached hydrogens (tertiary/aromatic N) is 2. The van der Waals surface area contributed by atoms with Crippen molar-refractivity contribution in [1.29, 1.82) is 0 Å². The molecule has 0 aromatic heterocycles. The molecule has 1 fully saturated rings. The molecular formula is C16H29Cl3N4O. The standard InChI is InChI=1S/C16H26N4O.3ClH/c1-13-3-5-14(6-4-13)15(17)16(21)18-7-8-20-11-9-19(2)10-12-20;;;/h3-6,15H,7-12,17H2,1-2H3,(H,18,21);3*1H. The summed E-state index contributed by atoms with van der Waals surface area (Å²) in [6.45, 7) is 7.88. The Bertz CT molecular complexity index is 465. The van der Waals surface area contributed by atoms with Gasteiger partial charge in [0.1, 0.15) is 6.04 Å². The molecule has 1 unspecified atom stereocenters. The normalized spacial score (nSPS) is 16.1. The second-order valence-electron chi connectivity index (χ2n) is 5.82. The lowest BCUT2D eigenvalue weighted by atomic mass is 10.1. The predicted octanol–water partition coefficient (Wildman–Crippen LogP) is 1.62. The summed E-state index contributed by atoms with van der Waals surface area (Å²) in [5, 5.41) is 2.93. The molecule has 0 aliphatic carbocycles. The van der Waals surface area contributed by atoms with E-state index in [0.717, 1.165) is 38.3 Å². The molecule has 0 bridgehead atoms. The third-order valence-corrected chi connectivity index (χ3v) is 4.04. The summed E-state index contributed by atoms with van der Waals surface area (Å²) in [5.74, 6) is -0.104. The van der Waals surface area contributed by atoms with Crippen LogP contribution in [0.15, 0.2) is 24.3 Å². The molecule has 5 nitrogen and oxygen atoms in total. The van der Waals surface area contributed by atoms with Crippen molar-refractivity contribution >= 4 is 43.1 Å². The highest BCUT2D eigenvalue weighted by atomic mass is 35.5. The molecule has 1 aliphatic heterocycles. The fourth-order valence-corrected chi connectivity index (χ4v) is 2.44. The van der Waals surface area contributed by atoms with Crippen molar-refractivity contribution in [2.75, 3.05) is 46.3 Å². The second-order valence-corrected chi connectivity index (χ2v) is 5.82. The zero-order valence-electron chi connectivity index (χ0n) is 14.2. The minimum atomic E-state index is -0.585. The van der Waals surface area contributed by atoms with E-state index < -0.39 is 6.04 Å². The summed E-state index contributed by atoms with van der Waals surface area (Å²) < 4.78 is 0. The summed E-state index contributed by atoms with van der Waals surface area (Å²) in [6, 6.07) is 7.21. The summed E-state index contributed by atoms with van der Waals surface area (Å²) >= 11 is 0. The van der Waals surface area contributed by atoms with Crippen LogP contribution in [0.3, 0.4) is 0 Å². The van der Waals surface area contributed by atoms with Crippen LogP contribution in [0.5, 0.6) is 0 Å². The van der Waals surface area contributed by atoms with E-state index in [1.165, 1.54) is 5.56 Å². The highest BCUT2D eigenvalue weighted by molar-refractivity contribution is 5.86. The highest BCUT2D eigenvalue weighted by Gasteiger charge is 2.17. The molecule has 2 rings (SSSR count). The minimum absolute atomic E-state index is 0. The number of hydrogen-bond donors (Lipinski definition) is 2. The Morgan fingerprint density at radius 1 is 1.12 bits per heavy atom. The Kier molecular flexibility index (Phi) is 13.6. The number of nitrogens with one attached hydrogen (secondary N) is 1. The summed E-state index contributed by atoms with van der Waals surface area (Å²) in [6.07, 6.45) is 0. The number of hydrogen-bond acceptors (Lipinski definition) is 4. The Balaban J connectivity index is 0. The molecule has 1 atom stereocenters. The summed E-state index contributed by atoms with van der Waals surface area (Å²) in [7, 11) is 2.14. The van der Waals surface area contributed by atoms with Crippen molar-refractivity contribution in [2.24, 2.45) is 5.73 Å². The van der Waals surface area contributed by atoms with Crippen LogP contribution in [0.4, 0.5) is 0 Å². The molecule has 0 radical (unpaired) electrons. The van der Waals surface area contributed by atoms with Gasteiger partial charge in [0.15, 0.2) is 0 Å². The van der Waals surface area contributed by atoms with Crippen LogP contribution >= 0.6 is 37.2 Å². The monoisotopic (exact) mass is 398 g/mol. The number of amides is 1. The number of benzene rings is 1. The molecule has 3 N–H and O–H groups in total. The van der Waals surface area contributed by atoms with Gasteiger partial charge < -0.3 is 16.0 Å². The van der Waals surface area contributed by atoms with Gasteiger partial charge in [0.2, 0.25) is 5.91 Å². The van der Waals surface area contributed by atoms with Gasteiger partial charge in [0.25, 0.3) is 0 Å². The minimum Gasteiger partial charge on any atom is -0.353 e. The smallest absolute Gasteiger partial charge is 0.241 e. The SMILES string of the molecule is Cc1ccc(C(N)C(=O)NCCN2CCN(C)CC2)cc1.Cl.Cl.Cl. The Morgan fingerprint density at radius 3 is 2.21 bits per heavy atom. The molecule has 0 spiro atoms. The first-order valence-corrected chi connectivity index (χ1v) is 7.57. The average Bonchev–Trinajstić information content (AvgIpc) is 2.49. The summed E-state index contributed by atoms with van der Waals surface area (Å²) in [5.41, 5.74) is 8.02. The fourth-order valence-electron chi connectivity index (χ4n) is 2.44. The van der Waals surface area contributed by atoms with E-state index in [0.29, 0.717) is 6.54 Å². The Morgan fingerprint density at radius 2 is 1.67 bits per heavy atom. The van der Waals surface area contributed by atoms with E-state index in [1.807, 2.05) is 31.2 Å². The largest absolute Gasteiger partial charge is 0.353 e. The number of carbonyl (C=O) groups is 1. The molecule has 8 heteroatoms. The van der Waals surface area contributed by atoms with Gasteiger partial charge in [0.05, 0.1) is 0 Å². The van der Waals surface area contributed by atoms with Gasteiger partial charge in [-0.1, -0.05) is 29.8 Å². The van der Waals surface area contributed by atoms with Gasteiger partial charge in [-0.25, -0.2) is 0 Å². The summed E-state index contributed by atoms with van der Waals surface area (Å²) in [4.78, 5) is 16.8. The molecule has 1 heterocycles. The van der Waals surface area contributed by atoms with Crippen molar-refractivity contribution < 1.29 is 4.79 Å². The van der Waals surface area contributed by atoms with E-state index >= 15 is 0 Å². The number of nitrogens with two attached hydrogens (primary N) is 1. The van der Waals surface area contributed by atoms with Gasteiger partial charge in [-0.2, -0.15) is 0 Å². The number of piperazine rings is 1. The van der Waals surface area contributed by atoms with E-state index in [1.54, 1.807) is 0 Å². The number of carbonyl (C=O) groups excluding carboxylic acids is 1. The molecule has 1 amide bonds. The molecular weight excluding hydrogens is 371 g/mol. The second kappa shape index (κ2) is 12.8. The van der Waals surface area contributed by atoms with Crippen LogP contribution in [0.1, 0.15) is 17.2 Å². The van der Waals surface area contributed by atoms with Crippen molar-refractivity contribution in [1.82, 2.24) is 15.1 Å². The first-order valence-electron chi connectivity index (χ1n) is 7.57. The third-order valence-electron chi connectivity index (χ3n) is 4.04. The molecule has 0 saturated carbocycles. The van der Waals surface area contributed by atoms with E-state index in [4.69, 9.17) is 5.73 Å². The lowest BCUT2D eigenvalue weighted by Gasteiger charge is -2.32. The zero-order chi connectivity index (χ0) is 15.2. The molecule has 1 aliphatic rings. The van der Waals surface area contributed by atoms with Crippen molar-refractivity contribution in [3.8, 4) is 0 Å². The van der Waals surface area contributed by atoms with Gasteiger partial charge >= 0.3 is 0 Å². The van der Waals surface area contributed by atoms with Crippen LogP contribution < -0.4 is 11.1 Å². The van der Waals surface area contributed by atoms with E-state index in [2.05, 4.69) is 22.2 Å². The maximum atomic E-state index is 12.1. The lowest BCUT2D eigenvalue weighted by Crippen LogP contribution is -2.47. The number of likely N-dealkylation sites (N-methyl/N-ethyl adjacent to an activating group) is 1. The molecule has 24 heavy (non-hydrogen) atoms. The average molecular weight is 400 g/mol.